The normalized spacial score (nSPS) is 10.6. The molecule has 0 amide bonds. The number of ether oxygens (including phenoxy) is 1. The number of anilines is 1. The van der Waals surface area contributed by atoms with Gasteiger partial charge in [-0.25, -0.2) is 0 Å². The van der Waals surface area contributed by atoms with Crippen LogP contribution in [-0.2, 0) is 11.3 Å². The molecule has 0 aliphatic carbocycles. The van der Waals surface area contributed by atoms with Gasteiger partial charge in [0.15, 0.2) is 0 Å². The van der Waals surface area contributed by atoms with Gasteiger partial charge in [-0.15, -0.1) is 0 Å². The van der Waals surface area contributed by atoms with Crippen LogP contribution in [-0.4, -0.2) is 38.8 Å². The molecule has 0 saturated carbocycles. The van der Waals surface area contributed by atoms with Crippen molar-refractivity contribution in [1.82, 2.24) is 10.3 Å². The maximum absolute atomic E-state index is 5.07. The summed E-state index contributed by atoms with van der Waals surface area (Å²) in [5.74, 6) is 0. The van der Waals surface area contributed by atoms with Gasteiger partial charge in [-0.1, -0.05) is 6.92 Å². The van der Waals surface area contributed by atoms with Gasteiger partial charge in [0.2, 0.25) is 0 Å². The lowest BCUT2D eigenvalue weighted by Crippen LogP contribution is -2.20. The zero-order chi connectivity index (χ0) is 13.2. The first-order chi connectivity index (χ1) is 8.77. The van der Waals surface area contributed by atoms with Crippen LogP contribution in [0.5, 0.6) is 0 Å². The fraction of sp³-hybridized carbons (Fsp3) is 0.643. The Morgan fingerprint density at radius 1 is 1.44 bits per heavy atom. The van der Waals surface area contributed by atoms with Crippen LogP contribution >= 0.6 is 0 Å². The number of hydrogen-bond acceptors (Lipinski definition) is 4. The molecule has 0 spiro atoms. The van der Waals surface area contributed by atoms with Gasteiger partial charge in [0, 0.05) is 45.7 Å². The molecule has 18 heavy (non-hydrogen) atoms. The van der Waals surface area contributed by atoms with Crippen molar-refractivity contribution in [2.24, 2.45) is 0 Å². The quantitative estimate of drug-likeness (QED) is 0.682. The molecule has 0 saturated heterocycles. The molecule has 1 N–H and O–H groups in total. The van der Waals surface area contributed by atoms with Crippen molar-refractivity contribution >= 4 is 5.69 Å². The van der Waals surface area contributed by atoms with Crippen molar-refractivity contribution in [2.75, 3.05) is 38.8 Å². The Labute approximate surface area is 110 Å². The van der Waals surface area contributed by atoms with E-state index in [1.165, 1.54) is 5.69 Å². The number of nitrogens with zero attached hydrogens (tertiary/aromatic N) is 2. The van der Waals surface area contributed by atoms with Crippen LogP contribution in [0.3, 0.4) is 0 Å². The second-order valence-corrected chi connectivity index (χ2v) is 4.45. The fourth-order valence-corrected chi connectivity index (χ4v) is 1.77. The van der Waals surface area contributed by atoms with Gasteiger partial charge in [0.25, 0.3) is 0 Å². The molecule has 4 nitrogen and oxygen atoms in total. The van der Waals surface area contributed by atoms with Crippen LogP contribution in [0.15, 0.2) is 18.3 Å². The van der Waals surface area contributed by atoms with Gasteiger partial charge in [-0.3, -0.25) is 4.98 Å². The Balaban J connectivity index is 2.47. The Bertz CT molecular complexity index is 331. The standard InChI is InChI=1S/C14H25N3O/c1-4-7-15-12-13-11-14(6-8-16-13)17(2)9-5-10-18-3/h6,8,11,15H,4-5,7,9-10,12H2,1-3H3. The molecule has 0 unspecified atom stereocenters. The largest absolute Gasteiger partial charge is 0.385 e. The molecule has 0 aromatic carbocycles. The molecule has 0 aliphatic heterocycles. The number of rotatable bonds is 9. The Kier molecular flexibility index (Phi) is 7.37. The van der Waals surface area contributed by atoms with Gasteiger partial charge >= 0.3 is 0 Å². The SMILES string of the molecule is CCCNCc1cc(N(C)CCCOC)ccn1. The lowest BCUT2D eigenvalue weighted by Gasteiger charge is -2.19. The van der Waals surface area contributed by atoms with E-state index in [1.807, 2.05) is 6.20 Å². The second-order valence-electron chi connectivity index (χ2n) is 4.45. The summed E-state index contributed by atoms with van der Waals surface area (Å²) in [6.07, 6.45) is 4.07. The molecular formula is C14H25N3O. The molecule has 1 aromatic heterocycles. The van der Waals surface area contributed by atoms with Crippen molar-refractivity contribution < 1.29 is 4.74 Å². The smallest absolute Gasteiger partial charge is 0.0562 e. The van der Waals surface area contributed by atoms with Crippen LogP contribution < -0.4 is 10.2 Å². The van der Waals surface area contributed by atoms with Gasteiger partial charge in [0.1, 0.15) is 0 Å². The van der Waals surface area contributed by atoms with Crippen LogP contribution in [0.4, 0.5) is 5.69 Å². The Hall–Kier alpha value is -1.13. The van der Waals surface area contributed by atoms with Gasteiger partial charge in [-0.2, -0.15) is 0 Å². The number of hydrogen-bond donors (Lipinski definition) is 1. The fourth-order valence-electron chi connectivity index (χ4n) is 1.77. The molecule has 0 aliphatic rings. The maximum atomic E-state index is 5.07. The molecule has 0 atom stereocenters. The van der Waals surface area contributed by atoms with Gasteiger partial charge in [0.05, 0.1) is 5.69 Å². The third-order valence-electron chi connectivity index (χ3n) is 2.82. The number of pyridine rings is 1. The summed E-state index contributed by atoms with van der Waals surface area (Å²) in [4.78, 5) is 6.62. The van der Waals surface area contributed by atoms with E-state index in [1.54, 1.807) is 7.11 Å². The molecular weight excluding hydrogens is 226 g/mol. The maximum Gasteiger partial charge on any atom is 0.0562 e. The van der Waals surface area contributed by atoms with E-state index in [4.69, 9.17) is 4.74 Å². The lowest BCUT2D eigenvalue weighted by atomic mass is 10.2. The summed E-state index contributed by atoms with van der Waals surface area (Å²) >= 11 is 0. The van der Waals surface area contributed by atoms with E-state index in [0.717, 1.165) is 44.8 Å². The molecule has 0 bridgehead atoms. The van der Waals surface area contributed by atoms with Crippen LogP contribution in [0.25, 0.3) is 0 Å². The minimum atomic E-state index is 0.806. The predicted molar refractivity (Wildman–Crippen MR) is 76.0 cm³/mol. The molecule has 102 valence electrons. The number of nitrogens with one attached hydrogen (secondary N) is 1. The topological polar surface area (TPSA) is 37.4 Å². The minimum Gasteiger partial charge on any atom is -0.385 e. The average molecular weight is 251 g/mol. The first-order valence-corrected chi connectivity index (χ1v) is 6.63. The summed E-state index contributed by atoms with van der Waals surface area (Å²) in [5, 5.41) is 3.37. The molecule has 0 fully saturated rings. The zero-order valence-electron chi connectivity index (χ0n) is 11.8. The number of aromatic nitrogens is 1. The van der Waals surface area contributed by atoms with Crippen molar-refractivity contribution in [3.05, 3.63) is 24.0 Å². The van der Waals surface area contributed by atoms with E-state index < -0.39 is 0 Å². The highest BCUT2D eigenvalue weighted by Gasteiger charge is 2.02. The van der Waals surface area contributed by atoms with Gasteiger partial charge in [-0.05, 0) is 31.5 Å². The lowest BCUT2D eigenvalue weighted by molar-refractivity contribution is 0.196. The third-order valence-corrected chi connectivity index (χ3v) is 2.82. The van der Waals surface area contributed by atoms with E-state index in [0.29, 0.717) is 0 Å². The molecule has 1 rings (SSSR count). The summed E-state index contributed by atoms with van der Waals surface area (Å²) in [5.41, 5.74) is 2.31. The summed E-state index contributed by atoms with van der Waals surface area (Å²) in [6, 6.07) is 4.20. The van der Waals surface area contributed by atoms with Crippen LogP contribution in [0.1, 0.15) is 25.5 Å². The predicted octanol–water partition coefficient (Wildman–Crippen LogP) is 2.05. The van der Waals surface area contributed by atoms with Crippen molar-refractivity contribution in [2.45, 2.75) is 26.3 Å². The van der Waals surface area contributed by atoms with Crippen LogP contribution in [0, 0.1) is 0 Å². The first kappa shape index (κ1) is 14.9. The van der Waals surface area contributed by atoms with Crippen molar-refractivity contribution in [3.63, 3.8) is 0 Å². The second kappa shape index (κ2) is 8.89. The zero-order valence-corrected chi connectivity index (χ0v) is 11.8. The van der Waals surface area contributed by atoms with Crippen molar-refractivity contribution in [3.8, 4) is 0 Å². The summed E-state index contributed by atoms with van der Waals surface area (Å²) in [6.45, 7) is 5.85. The third kappa shape index (κ3) is 5.47. The average Bonchev–Trinajstić information content (AvgIpc) is 2.39. The van der Waals surface area contributed by atoms with E-state index >= 15 is 0 Å². The highest BCUT2D eigenvalue weighted by atomic mass is 16.5. The minimum absolute atomic E-state index is 0.806. The molecule has 1 aromatic rings. The highest BCUT2D eigenvalue weighted by molar-refractivity contribution is 5.45. The highest BCUT2D eigenvalue weighted by Crippen LogP contribution is 2.13. The van der Waals surface area contributed by atoms with E-state index in [9.17, 15) is 0 Å². The Morgan fingerprint density at radius 3 is 3.00 bits per heavy atom. The molecule has 1 heterocycles. The van der Waals surface area contributed by atoms with Crippen molar-refractivity contribution in [1.29, 1.82) is 0 Å². The first-order valence-electron chi connectivity index (χ1n) is 6.63. The molecule has 4 heteroatoms. The van der Waals surface area contributed by atoms with E-state index in [-0.39, 0.29) is 0 Å². The summed E-state index contributed by atoms with van der Waals surface area (Å²) in [7, 11) is 3.85. The van der Waals surface area contributed by atoms with E-state index in [2.05, 4.69) is 41.3 Å². The Morgan fingerprint density at radius 2 is 2.28 bits per heavy atom. The summed E-state index contributed by atoms with van der Waals surface area (Å²) < 4.78 is 5.07. The monoisotopic (exact) mass is 251 g/mol. The number of methoxy groups -OCH3 is 1. The van der Waals surface area contributed by atoms with Gasteiger partial charge < -0.3 is 15.0 Å². The van der Waals surface area contributed by atoms with Crippen LogP contribution in [0.2, 0.25) is 0 Å². The molecule has 0 radical (unpaired) electrons.